The summed E-state index contributed by atoms with van der Waals surface area (Å²) < 4.78 is 5.43. The van der Waals surface area contributed by atoms with Crippen LogP contribution < -0.4 is 10.2 Å². The molecule has 2 amide bonds. The van der Waals surface area contributed by atoms with Crippen LogP contribution >= 0.6 is 0 Å². The lowest BCUT2D eigenvalue weighted by Gasteiger charge is -2.40. The van der Waals surface area contributed by atoms with Crippen LogP contribution in [0.25, 0.3) is 11.1 Å². The van der Waals surface area contributed by atoms with Crippen LogP contribution in [0.2, 0.25) is 0 Å². The molecule has 1 saturated heterocycles. The zero-order valence-corrected chi connectivity index (χ0v) is 20.1. The Kier molecular flexibility index (Phi) is 5.57. The van der Waals surface area contributed by atoms with Crippen molar-refractivity contribution in [3.8, 4) is 11.1 Å². The number of para-hydroxylation sites is 1. The number of ketones is 1. The van der Waals surface area contributed by atoms with E-state index in [1.165, 1.54) is 0 Å². The number of rotatable bonds is 4. The minimum atomic E-state index is -0.287. The van der Waals surface area contributed by atoms with Crippen LogP contribution in [0.4, 0.5) is 16.2 Å². The molecule has 2 heterocycles. The molecule has 0 spiro atoms. The van der Waals surface area contributed by atoms with Gasteiger partial charge in [-0.05, 0) is 54.7 Å². The summed E-state index contributed by atoms with van der Waals surface area (Å²) in [6.07, 6.45) is 1.26. The molecule has 3 aromatic rings. The van der Waals surface area contributed by atoms with Gasteiger partial charge in [-0.25, -0.2) is 4.79 Å². The summed E-state index contributed by atoms with van der Waals surface area (Å²) in [5, 5.41) is 2.99. The second-order valence-electron chi connectivity index (χ2n) is 9.70. The highest BCUT2D eigenvalue weighted by atomic mass is 16.6. The number of carbonyl (C=O) groups is 3. The van der Waals surface area contributed by atoms with Gasteiger partial charge in [0.2, 0.25) is 5.91 Å². The van der Waals surface area contributed by atoms with Crippen LogP contribution in [-0.2, 0) is 16.1 Å². The van der Waals surface area contributed by atoms with Crippen molar-refractivity contribution in [3.05, 3.63) is 82.9 Å². The van der Waals surface area contributed by atoms with Crippen molar-refractivity contribution in [1.82, 2.24) is 4.90 Å². The quantitative estimate of drug-likeness (QED) is 0.454. The first-order chi connectivity index (χ1) is 17.5. The number of benzene rings is 3. The van der Waals surface area contributed by atoms with E-state index in [1.807, 2.05) is 60.4 Å². The number of fused-ring (bicyclic) bond motifs is 4. The van der Waals surface area contributed by atoms with Gasteiger partial charge >= 0.3 is 6.09 Å². The van der Waals surface area contributed by atoms with E-state index in [-0.39, 0.29) is 30.4 Å². The SMILES string of the molecule is Cc1cccc2c1N(C1CCN(CC(=O)Nc3ccc4c(c3)-c3ccccc3C4=O)CC1)C(=O)OC2. The zero-order valence-electron chi connectivity index (χ0n) is 20.1. The van der Waals surface area contributed by atoms with E-state index in [0.29, 0.717) is 23.4 Å². The van der Waals surface area contributed by atoms with Gasteiger partial charge in [0.1, 0.15) is 6.61 Å². The molecule has 3 aliphatic rings. The predicted octanol–water partition coefficient (Wildman–Crippen LogP) is 4.77. The molecule has 1 fully saturated rings. The van der Waals surface area contributed by atoms with E-state index >= 15 is 0 Å². The molecular weight excluding hydrogens is 454 g/mol. The standard InChI is InChI=1S/C29H27N3O4/c1-18-5-4-6-19-17-36-29(35)32(27(18)19)21-11-13-31(14-12-21)16-26(33)30-20-9-10-24-25(15-20)22-7-2-3-8-23(22)28(24)34/h2-10,15,21H,11-14,16-17H2,1H3,(H,30,33). The minimum Gasteiger partial charge on any atom is -0.444 e. The number of cyclic esters (lactones) is 1. The third kappa shape index (κ3) is 3.85. The van der Waals surface area contributed by atoms with Crippen molar-refractivity contribution in [3.63, 3.8) is 0 Å². The average Bonchev–Trinajstić information content (AvgIpc) is 3.16. The molecule has 0 atom stereocenters. The average molecular weight is 482 g/mol. The molecule has 6 rings (SSSR count). The number of ether oxygens (including phenoxy) is 1. The van der Waals surface area contributed by atoms with Crippen LogP contribution in [0.15, 0.2) is 60.7 Å². The summed E-state index contributed by atoms with van der Waals surface area (Å²) in [6.45, 7) is 4.05. The number of anilines is 2. The predicted molar refractivity (Wildman–Crippen MR) is 137 cm³/mol. The summed E-state index contributed by atoms with van der Waals surface area (Å²) in [7, 11) is 0. The van der Waals surface area contributed by atoms with Crippen molar-refractivity contribution in [2.24, 2.45) is 0 Å². The number of aryl methyl sites for hydroxylation is 1. The summed E-state index contributed by atoms with van der Waals surface area (Å²) in [5.41, 5.74) is 6.91. The number of hydrogen-bond acceptors (Lipinski definition) is 5. The fourth-order valence-electron chi connectivity index (χ4n) is 5.66. The van der Waals surface area contributed by atoms with E-state index in [2.05, 4.69) is 10.2 Å². The molecule has 1 N–H and O–H groups in total. The van der Waals surface area contributed by atoms with Crippen molar-refractivity contribution in [1.29, 1.82) is 0 Å². The van der Waals surface area contributed by atoms with E-state index in [9.17, 15) is 14.4 Å². The summed E-state index contributed by atoms with van der Waals surface area (Å²) in [6, 6.07) is 19.1. The lowest BCUT2D eigenvalue weighted by atomic mass is 9.99. The molecule has 2 aliphatic heterocycles. The van der Waals surface area contributed by atoms with Crippen LogP contribution in [-0.4, -0.2) is 48.4 Å². The highest BCUT2D eigenvalue weighted by molar-refractivity contribution is 6.22. The number of amides is 2. The van der Waals surface area contributed by atoms with Gasteiger partial charge in [0.15, 0.2) is 5.78 Å². The summed E-state index contributed by atoms with van der Waals surface area (Å²) in [5.74, 6) is -0.0682. The molecule has 0 aromatic heterocycles. The smallest absolute Gasteiger partial charge is 0.414 e. The van der Waals surface area contributed by atoms with E-state index in [1.54, 1.807) is 12.1 Å². The maximum Gasteiger partial charge on any atom is 0.414 e. The molecule has 7 nitrogen and oxygen atoms in total. The van der Waals surface area contributed by atoms with Crippen LogP contribution in [0.5, 0.6) is 0 Å². The normalized spacial score (nSPS) is 17.3. The second-order valence-corrected chi connectivity index (χ2v) is 9.70. The molecule has 182 valence electrons. The van der Waals surface area contributed by atoms with Gasteiger partial charge in [-0.15, -0.1) is 0 Å². The Morgan fingerprint density at radius 2 is 1.69 bits per heavy atom. The Balaban J connectivity index is 1.09. The van der Waals surface area contributed by atoms with Gasteiger partial charge in [0, 0.05) is 41.5 Å². The second kappa shape index (κ2) is 8.91. The molecule has 0 unspecified atom stereocenters. The van der Waals surface area contributed by atoms with Crippen LogP contribution in [0, 0.1) is 6.92 Å². The highest BCUT2D eigenvalue weighted by Gasteiger charge is 2.35. The molecule has 0 radical (unpaired) electrons. The van der Waals surface area contributed by atoms with Gasteiger partial charge in [0.25, 0.3) is 0 Å². The van der Waals surface area contributed by atoms with Gasteiger partial charge in [-0.2, -0.15) is 0 Å². The Hall–Kier alpha value is -3.97. The Morgan fingerprint density at radius 1 is 0.944 bits per heavy atom. The maximum absolute atomic E-state index is 12.8. The van der Waals surface area contributed by atoms with Gasteiger partial charge in [-0.1, -0.05) is 42.5 Å². The highest BCUT2D eigenvalue weighted by Crippen LogP contribution is 2.38. The van der Waals surface area contributed by atoms with E-state index in [0.717, 1.165) is 53.9 Å². The number of nitrogens with one attached hydrogen (secondary N) is 1. The van der Waals surface area contributed by atoms with Crippen molar-refractivity contribution >= 4 is 29.2 Å². The number of carbonyl (C=O) groups excluding carboxylic acids is 3. The third-order valence-electron chi connectivity index (χ3n) is 7.41. The van der Waals surface area contributed by atoms with Crippen LogP contribution in [0.3, 0.4) is 0 Å². The Bertz CT molecular complexity index is 1390. The van der Waals surface area contributed by atoms with Crippen molar-refractivity contribution in [2.75, 3.05) is 29.9 Å². The number of likely N-dealkylation sites (tertiary alicyclic amines) is 1. The first-order valence-electron chi connectivity index (χ1n) is 12.3. The fraction of sp³-hybridized carbons (Fsp3) is 0.276. The van der Waals surface area contributed by atoms with Crippen LogP contribution in [0.1, 0.15) is 39.9 Å². The molecule has 0 saturated carbocycles. The fourth-order valence-corrected chi connectivity index (χ4v) is 5.66. The number of nitrogens with zero attached hydrogens (tertiary/aromatic N) is 2. The first-order valence-corrected chi connectivity index (χ1v) is 12.3. The third-order valence-corrected chi connectivity index (χ3v) is 7.41. The summed E-state index contributed by atoms with van der Waals surface area (Å²) in [4.78, 5) is 42.0. The van der Waals surface area contributed by atoms with Gasteiger partial charge < -0.3 is 10.1 Å². The summed E-state index contributed by atoms with van der Waals surface area (Å²) >= 11 is 0. The first kappa shape index (κ1) is 22.5. The van der Waals surface area contributed by atoms with E-state index in [4.69, 9.17) is 4.74 Å². The zero-order chi connectivity index (χ0) is 24.8. The Labute approximate surface area is 209 Å². The van der Waals surface area contributed by atoms with Crippen molar-refractivity contribution in [2.45, 2.75) is 32.4 Å². The number of piperidine rings is 1. The molecule has 0 bridgehead atoms. The minimum absolute atomic E-state index is 0.0248. The molecule has 7 heteroatoms. The monoisotopic (exact) mass is 481 g/mol. The number of hydrogen-bond donors (Lipinski definition) is 1. The molecular formula is C29H27N3O4. The van der Waals surface area contributed by atoms with Gasteiger partial charge in [0.05, 0.1) is 12.2 Å². The molecule has 36 heavy (non-hydrogen) atoms. The van der Waals surface area contributed by atoms with Gasteiger partial charge in [-0.3, -0.25) is 19.4 Å². The lowest BCUT2D eigenvalue weighted by molar-refractivity contribution is -0.117. The van der Waals surface area contributed by atoms with E-state index < -0.39 is 0 Å². The van der Waals surface area contributed by atoms with Crippen molar-refractivity contribution < 1.29 is 19.1 Å². The largest absolute Gasteiger partial charge is 0.444 e. The topological polar surface area (TPSA) is 79.0 Å². The maximum atomic E-state index is 12.8. The molecule has 3 aromatic carbocycles. The Morgan fingerprint density at radius 3 is 2.50 bits per heavy atom. The molecule has 1 aliphatic carbocycles. The lowest BCUT2D eigenvalue weighted by Crippen LogP contribution is -2.50.